The molecule has 3 fully saturated rings. The van der Waals surface area contributed by atoms with E-state index in [0.29, 0.717) is 36.6 Å². The first-order valence-corrected chi connectivity index (χ1v) is 10.7. The van der Waals surface area contributed by atoms with Crippen LogP contribution in [0.2, 0.25) is 0 Å². The van der Waals surface area contributed by atoms with Gasteiger partial charge in [0.1, 0.15) is 5.82 Å². The van der Waals surface area contributed by atoms with Gasteiger partial charge in [-0.15, -0.1) is 6.58 Å². The van der Waals surface area contributed by atoms with Gasteiger partial charge < -0.3 is 14.5 Å². The van der Waals surface area contributed by atoms with E-state index in [1.807, 2.05) is 4.90 Å². The highest BCUT2D eigenvalue weighted by Crippen LogP contribution is 2.50. The minimum Gasteiger partial charge on any atom is -0.377 e. The smallest absolute Gasteiger partial charge is 0.256 e. The third kappa shape index (κ3) is 2.86. The van der Waals surface area contributed by atoms with Crippen molar-refractivity contribution < 1.29 is 9.53 Å². The standard InChI is InChI=1S/C23H31N3O2/c1-5-9-25-12-17-20(22(25)27)14(2)15(3)21(24-17)26-10-6-19(16-11-18(16)26)28-13-23(4)7-8-23/h5,16,18-19H,1,6-13H2,2-4H3. The molecule has 3 heterocycles. The lowest BCUT2D eigenvalue weighted by molar-refractivity contribution is 0.00311. The third-order valence-corrected chi connectivity index (χ3v) is 7.35. The van der Waals surface area contributed by atoms with E-state index < -0.39 is 0 Å². The van der Waals surface area contributed by atoms with Crippen molar-refractivity contribution in [2.24, 2.45) is 11.3 Å². The molecular weight excluding hydrogens is 350 g/mol. The summed E-state index contributed by atoms with van der Waals surface area (Å²) in [4.78, 5) is 22.1. The number of anilines is 1. The maximum atomic E-state index is 12.7. The summed E-state index contributed by atoms with van der Waals surface area (Å²) >= 11 is 0. The lowest BCUT2D eigenvalue weighted by Gasteiger charge is -2.34. The molecule has 0 aromatic carbocycles. The van der Waals surface area contributed by atoms with E-state index in [-0.39, 0.29) is 5.91 Å². The summed E-state index contributed by atoms with van der Waals surface area (Å²) in [5.41, 5.74) is 4.45. The normalized spacial score (nSPS) is 29.5. The number of fused-ring (bicyclic) bond motifs is 2. The number of pyridine rings is 1. The van der Waals surface area contributed by atoms with Gasteiger partial charge in [0.05, 0.1) is 30.5 Å². The predicted octanol–water partition coefficient (Wildman–Crippen LogP) is 3.62. The van der Waals surface area contributed by atoms with E-state index in [0.717, 1.165) is 47.8 Å². The Bertz CT molecular complexity index is 845. The van der Waals surface area contributed by atoms with Crippen molar-refractivity contribution >= 4 is 11.7 Å². The van der Waals surface area contributed by atoms with Crippen LogP contribution in [0.1, 0.15) is 59.8 Å². The molecule has 2 aliphatic carbocycles. The van der Waals surface area contributed by atoms with E-state index in [2.05, 4.69) is 32.3 Å². The second-order valence-electron chi connectivity index (χ2n) is 9.59. The van der Waals surface area contributed by atoms with Crippen LogP contribution in [0.4, 0.5) is 5.82 Å². The Kier molecular flexibility index (Phi) is 4.10. The second-order valence-corrected chi connectivity index (χ2v) is 9.59. The molecule has 1 saturated heterocycles. The zero-order chi connectivity index (χ0) is 19.6. The number of hydrogen-bond acceptors (Lipinski definition) is 4. The van der Waals surface area contributed by atoms with Crippen molar-refractivity contribution in [3.05, 3.63) is 35.0 Å². The van der Waals surface area contributed by atoms with Crippen LogP contribution in [0.25, 0.3) is 0 Å². The van der Waals surface area contributed by atoms with Gasteiger partial charge in [0, 0.05) is 25.0 Å². The molecule has 0 bridgehead atoms. The topological polar surface area (TPSA) is 45.7 Å². The molecule has 3 unspecified atom stereocenters. The van der Waals surface area contributed by atoms with Crippen LogP contribution in [-0.4, -0.2) is 47.6 Å². The Labute approximate surface area is 167 Å². The number of carbonyl (C=O) groups excluding carboxylic acids is 1. The molecule has 0 spiro atoms. The average molecular weight is 382 g/mol. The van der Waals surface area contributed by atoms with Crippen LogP contribution in [0.5, 0.6) is 0 Å². The Morgan fingerprint density at radius 2 is 2.11 bits per heavy atom. The summed E-state index contributed by atoms with van der Waals surface area (Å²) < 4.78 is 6.32. The fourth-order valence-corrected chi connectivity index (χ4v) is 4.97. The maximum absolute atomic E-state index is 12.7. The largest absolute Gasteiger partial charge is 0.377 e. The number of amides is 1. The van der Waals surface area contributed by atoms with Crippen molar-refractivity contribution in [1.29, 1.82) is 0 Å². The van der Waals surface area contributed by atoms with Crippen LogP contribution >= 0.6 is 0 Å². The minimum atomic E-state index is 0.0968. The van der Waals surface area contributed by atoms with Crippen molar-refractivity contribution in [1.82, 2.24) is 9.88 Å². The highest BCUT2D eigenvalue weighted by molar-refractivity contribution is 6.00. The average Bonchev–Trinajstić information content (AvgIpc) is 3.58. The van der Waals surface area contributed by atoms with Gasteiger partial charge in [0.2, 0.25) is 0 Å². The minimum absolute atomic E-state index is 0.0968. The van der Waals surface area contributed by atoms with Crippen LogP contribution in [0, 0.1) is 25.2 Å². The van der Waals surface area contributed by atoms with E-state index >= 15 is 0 Å². The highest BCUT2D eigenvalue weighted by Gasteiger charge is 2.52. The zero-order valence-electron chi connectivity index (χ0n) is 17.3. The molecule has 0 radical (unpaired) electrons. The molecular formula is C23H31N3O2. The summed E-state index contributed by atoms with van der Waals surface area (Å²) in [5, 5.41) is 0. The van der Waals surface area contributed by atoms with Gasteiger partial charge in [-0.05, 0) is 56.1 Å². The molecule has 5 nitrogen and oxygen atoms in total. The number of hydrogen-bond donors (Lipinski definition) is 0. The molecule has 2 aliphatic heterocycles. The Balaban J connectivity index is 1.34. The lowest BCUT2D eigenvalue weighted by atomic mass is 10.0. The first-order chi connectivity index (χ1) is 13.4. The van der Waals surface area contributed by atoms with Gasteiger partial charge in [-0.3, -0.25) is 4.79 Å². The molecule has 28 heavy (non-hydrogen) atoms. The van der Waals surface area contributed by atoms with Crippen molar-refractivity contribution in [2.45, 2.75) is 65.1 Å². The lowest BCUT2D eigenvalue weighted by Crippen LogP contribution is -2.40. The Morgan fingerprint density at radius 3 is 2.82 bits per heavy atom. The van der Waals surface area contributed by atoms with E-state index in [1.165, 1.54) is 19.3 Å². The monoisotopic (exact) mass is 381 g/mol. The van der Waals surface area contributed by atoms with Gasteiger partial charge >= 0.3 is 0 Å². The molecule has 3 atom stereocenters. The van der Waals surface area contributed by atoms with Crippen LogP contribution in [-0.2, 0) is 11.3 Å². The van der Waals surface area contributed by atoms with Crippen LogP contribution in [0.3, 0.4) is 0 Å². The van der Waals surface area contributed by atoms with E-state index in [9.17, 15) is 4.79 Å². The van der Waals surface area contributed by atoms with E-state index in [1.54, 1.807) is 6.08 Å². The maximum Gasteiger partial charge on any atom is 0.256 e. The molecule has 2 saturated carbocycles. The summed E-state index contributed by atoms with van der Waals surface area (Å²) in [7, 11) is 0. The van der Waals surface area contributed by atoms with Crippen LogP contribution in [0.15, 0.2) is 12.7 Å². The molecule has 1 aromatic heterocycles. The van der Waals surface area contributed by atoms with Gasteiger partial charge in [-0.1, -0.05) is 13.0 Å². The van der Waals surface area contributed by atoms with Gasteiger partial charge in [0.15, 0.2) is 0 Å². The summed E-state index contributed by atoms with van der Waals surface area (Å²) in [6.45, 7) is 13.4. The number of nitrogens with zero attached hydrogens (tertiary/aromatic N) is 3. The summed E-state index contributed by atoms with van der Waals surface area (Å²) in [5.74, 6) is 1.83. The van der Waals surface area contributed by atoms with Gasteiger partial charge in [0.25, 0.3) is 5.91 Å². The van der Waals surface area contributed by atoms with Gasteiger partial charge in [-0.2, -0.15) is 0 Å². The number of aromatic nitrogens is 1. The van der Waals surface area contributed by atoms with Gasteiger partial charge in [-0.25, -0.2) is 4.98 Å². The number of carbonyl (C=O) groups is 1. The molecule has 1 amide bonds. The zero-order valence-corrected chi connectivity index (χ0v) is 17.3. The number of piperidine rings is 1. The van der Waals surface area contributed by atoms with Crippen LogP contribution < -0.4 is 4.90 Å². The first-order valence-electron chi connectivity index (χ1n) is 10.7. The second kappa shape index (κ2) is 6.31. The Hall–Kier alpha value is -1.88. The molecule has 5 heteroatoms. The first kappa shape index (κ1) is 18.2. The molecule has 150 valence electrons. The fourth-order valence-electron chi connectivity index (χ4n) is 4.97. The highest BCUT2D eigenvalue weighted by atomic mass is 16.5. The van der Waals surface area contributed by atoms with Crippen molar-refractivity contribution in [3.8, 4) is 0 Å². The molecule has 5 rings (SSSR count). The molecule has 0 N–H and O–H groups in total. The van der Waals surface area contributed by atoms with Crippen molar-refractivity contribution in [3.63, 3.8) is 0 Å². The molecule has 1 aromatic rings. The molecule has 4 aliphatic rings. The third-order valence-electron chi connectivity index (χ3n) is 7.35. The van der Waals surface area contributed by atoms with E-state index in [4.69, 9.17) is 9.72 Å². The number of rotatable bonds is 6. The van der Waals surface area contributed by atoms with Crippen molar-refractivity contribution in [2.75, 3.05) is 24.6 Å². The predicted molar refractivity (Wildman–Crippen MR) is 110 cm³/mol. The summed E-state index contributed by atoms with van der Waals surface area (Å²) in [6.07, 6.45) is 7.13. The quantitative estimate of drug-likeness (QED) is 0.706. The fraction of sp³-hybridized carbons (Fsp3) is 0.652. The number of ether oxygens (including phenoxy) is 1. The Morgan fingerprint density at radius 1 is 1.32 bits per heavy atom. The summed E-state index contributed by atoms with van der Waals surface area (Å²) in [6, 6.07) is 0.552. The SMILES string of the molecule is C=CCN1Cc2nc(N3CCC(OCC4(C)CC4)C4CC43)c(C)c(C)c2C1=O.